The number of benzene rings is 1. The molecule has 1 fully saturated rings. The molecule has 2 aromatic rings. The van der Waals surface area contributed by atoms with Crippen molar-refractivity contribution < 1.29 is 4.74 Å². The molecule has 0 atom stereocenters. The fourth-order valence-electron chi connectivity index (χ4n) is 2.74. The van der Waals surface area contributed by atoms with Gasteiger partial charge in [0.05, 0.1) is 11.6 Å². The second kappa shape index (κ2) is 7.06. The third-order valence-corrected chi connectivity index (χ3v) is 3.98. The van der Waals surface area contributed by atoms with Gasteiger partial charge in [0.25, 0.3) is 0 Å². The highest BCUT2D eigenvalue weighted by Crippen LogP contribution is 2.19. The Morgan fingerprint density at radius 2 is 1.77 bits per heavy atom. The first kappa shape index (κ1) is 14.6. The van der Waals surface area contributed by atoms with Crippen molar-refractivity contribution in [2.24, 2.45) is 0 Å². The van der Waals surface area contributed by atoms with Crippen molar-refractivity contribution >= 4 is 0 Å². The molecule has 1 saturated heterocycles. The molecule has 0 bridgehead atoms. The second-order valence-corrected chi connectivity index (χ2v) is 5.59. The first-order valence-corrected chi connectivity index (χ1v) is 7.61. The fraction of sp³-hybridized carbons (Fsp3) is 0.333. The molecule has 0 unspecified atom stereocenters. The normalized spacial score (nSPS) is 16.1. The van der Waals surface area contributed by atoms with E-state index in [1.54, 1.807) is 12.4 Å². The molecule has 0 amide bonds. The van der Waals surface area contributed by atoms with E-state index in [1.165, 1.54) is 5.56 Å². The molecule has 0 saturated carbocycles. The van der Waals surface area contributed by atoms with Crippen molar-refractivity contribution in [2.45, 2.75) is 25.5 Å². The highest BCUT2D eigenvalue weighted by Gasteiger charge is 2.20. The van der Waals surface area contributed by atoms with Crippen LogP contribution in [0.2, 0.25) is 0 Å². The highest BCUT2D eigenvalue weighted by molar-refractivity contribution is 5.31. The molecule has 4 nitrogen and oxygen atoms in total. The standard InChI is InChI=1S/C18H19N3O/c19-13-15-1-3-16(4-2-15)14-21-11-7-18(8-12-21)22-17-5-9-20-10-6-17/h1-6,9-10,18H,7-8,11-12,14H2. The summed E-state index contributed by atoms with van der Waals surface area (Å²) in [5.41, 5.74) is 1.97. The third kappa shape index (κ3) is 3.84. The van der Waals surface area contributed by atoms with Crippen LogP contribution in [0.3, 0.4) is 0 Å². The average Bonchev–Trinajstić information content (AvgIpc) is 2.58. The number of nitriles is 1. The Kier molecular flexibility index (Phi) is 4.67. The molecule has 22 heavy (non-hydrogen) atoms. The number of piperidine rings is 1. The lowest BCUT2D eigenvalue weighted by molar-refractivity contribution is 0.0967. The zero-order valence-corrected chi connectivity index (χ0v) is 12.5. The van der Waals surface area contributed by atoms with Crippen LogP contribution in [0.4, 0.5) is 0 Å². The van der Waals surface area contributed by atoms with Crippen molar-refractivity contribution in [3.8, 4) is 11.8 Å². The Morgan fingerprint density at radius 1 is 1.09 bits per heavy atom. The molecule has 1 aromatic heterocycles. The number of hydrogen-bond donors (Lipinski definition) is 0. The molecule has 1 aliphatic rings. The number of rotatable bonds is 4. The minimum atomic E-state index is 0.291. The Balaban J connectivity index is 1.48. The smallest absolute Gasteiger partial charge is 0.122 e. The van der Waals surface area contributed by atoms with Gasteiger partial charge in [-0.1, -0.05) is 12.1 Å². The van der Waals surface area contributed by atoms with Gasteiger partial charge in [0, 0.05) is 32.0 Å². The minimum Gasteiger partial charge on any atom is -0.490 e. The van der Waals surface area contributed by atoms with Crippen molar-refractivity contribution in [1.82, 2.24) is 9.88 Å². The van der Waals surface area contributed by atoms with Gasteiger partial charge in [-0.15, -0.1) is 0 Å². The number of hydrogen-bond acceptors (Lipinski definition) is 4. The summed E-state index contributed by atoms with van der Waals surface area (Å²) in [6.45, 7) is 3.01. The van der Waals surface area contributed by atoms with Crippen LogP contribution in [0, 0.1) is 11.3 Å². The van der Waals surface area contributed by atoms with Gasteiger partial charge >= 0.3 is 0 Å². The van der Waals surface area contributed by atoms with Gasteiger partial charge < -0.3 is 4.74 Å². The van der Waals surface area contributed by atoms with Crippen LogP contribution in [0.5, 0.6) is 5.75 Å². The van der Waals surface area contributed by atoms with Gasteiger partial charge in [0.2, 0.25) is 0 Å². The zero-order valence-electron chi connectivity index (χ0n) is 12.5. The molecule has 1 aromatic carbocycles. The molecule has 2 heterocycles. The summed E-state index contributed by atoms with van der Waals surface area (Å²) in [6.07, 6.45) is 5.89. The van der Waals surface area contributed by atoms with Crippen LogP contribution in [-0.2, 0) is 6.54 Å². The summed E-state index contributed by atoms with van der Waals surface area (Å²) in [7, 11) is 0. The summed E-state index contributed by atoms with van der Waals surface area (Å²) in [6, 6.07) is 13.8. The topological polar surface area (TPSA) is 49.2 Å². The van der Waals surface area contributed by atoms with Gasteiger partial charge in [0.15, 0.2) is 0 Å². The van der Waals surface area contributed by atoms with Gasteiger partial charge in [-0.3, -0.25) is 9.88 Å². The van der Waals surface area contributed by atoms with Crippen molar-refractivity contribution in [1.29, 1.82) is 5.26 Å². The highest BCUT2D eigenvalue weighted by atomic mass is 16.5. The predicted molar refractivity (Wildman–Crippen MR) is 84.3 cm³/mol. The van der Waals surface area contributed by atoms with Gasteiger partial charge in [-0.25, -0.2) is 0 Å². The Hall–Kier alpha value is -2.38. The fourth-order valence-corrected chi connectivity index (χ4v) is 2.74. The maximum absolute atomic E-state index is 8.82. The molecule has 0 spiro atoms. The van der Waals surface area contributed by atoms with Gasteiger partial charge in [-0.2, -0.15) is 5.26 Å². The first-order valence-electron chi connectivity index (χ1n) is 7.61. The van der Waals surface area contributed by atoms with Crippen molar-refractivity contribution in [3.05, 3.63) is 59.9 Å². The Morgan fingerprint density at radius 3 is 2.41 bits per heavy atom. The first-order chi connectivity index (χ1) is 10.8. The molecule has 0 aliphatic carbocycles. The van der Waals surface area contributed by atoms with E-state index in [-0.39, 0.29) is 0 Å². The molecular formula is C18H19N3O. The van der Waals surface area contributed by atoms with E-state index in [0.717, 1.165) is 38.2 Å². The maximum atomic E-state index is 8.82. The van der Waals surface area contributed by atoms with E-state index in [2.05, 4.69) is 16.0 Å². The number of nitrogens with zero attached hydrogens (tertiary/aromatic N) is 3. The van der Waals surface area contributed by atoms with E-state index >= 15 is 0 Å². The Bertz CT molecular complexity index is 626. The van der Waals surface area contributed by atoms with Crippen LogP contribution < -0.4 is 4.74 Å². The van der Waals surface area contributed by atoms with E-state index in [1.807, 2.05) is 36.4 Å². The zero-order chi connectivity index (χ0) is 15.2. The van der Waals surface area contributed by atoms with Crippen LogP contribution in [0.15, 0.2) is 48.8 Å². The summed E-state index contributed by atoms with van der Waals surface area (Å²) >= 11 is 0. The van der Waals surface area contributed by atoms with Gasteiger partial charge in [0.1, 0.15) is 11.9 Å². The quantitative estimate of drug-likeness (QED) is 0.869. The average molecular weight is 293 g/mol. The summed E-state index contributed by atoms with van der Waals surface area (Å²) in [5, 5.41) is 8.82. The summed E-state index contributed by atoms with van der Waals surface area (Å²) in [5.74, 6) is 0.903. The van der Waals surface area contributed by atoms with E-state index in [4.69, 9.17) is 10.00 Å². The largest absolute Gasteiger partial charge is 0.490 e. The van der Waals surface area contributed by atoms with Crippen molar-refractivity contribution in [3.63, 3.8) is 0 Å². The lowest BCUT2D eigenvalue weighted by Crippen LogP contribution is -2.37. The van der Waals surface area contributed by atoms with E-state index in [0.29, 0.717) is 11.7 Å². The van der Waals surface area contributed by atoms with E-state index in [9.17, 15) is 0 Å². The van der Waals surface area contributed by atoms with Crippen LogP contribution in [0.1, 0.15) is 24.0 Å². The summed E-state index contributed by atoms with van der Waals surface area (Å²) < 4.78 is 5.98. The molecule has 0 radical (unpaired) electrons. The number of aromatic nitrogens is 1. The lowest BCUT2D eigenvalue weighted by atomic mass is 10.1. The molecule has 112 valence electrons. The predicted octanol–water partition coefficient (Wildman–Crippen LogP) is 3.00. The SMILES string of the molecule is N#Cc1ccc(CN2CCC(Oc3ccncc3)CC2)cc1. The second-order valence-electron chi connectivity index (χ2n) is 5.59. The lowest BCUT2D eigenvalue weighted by Gasteiger charge is -2.32. The molecule has 1 aliphatic heterocycles. The maximum Gasteiger partial charge on any atom is 0.122 e. The van der Waals surface area contributed by atoms with Crippen LogP contribution in [0.25, 0.3) is 0 Å². The minimum absolute atomic E-state index is 0.291. The molecular weight excluding hydrogens is 274 g/mol. The number of ether oxygens (including phenoxy) is 1. The molecule has 0 N–H and O–H groups in total. The monoisotopic (exact) mass is 293 g/mol. The third-order valence-electron chi connectivity index (χ3n) is 3.98. The molecule has 3 rings (SSSR count). The van der Waals surface area contributed by atoms with E-state index < -0.39 is 0 Å². The summed E-state index contributed by atoms with van der Waals surface area (Å²) in [4.78, 5) is 6.44. The number of likely N-dealkylation sites (tertiary alicyclic amines) is 1. The Labute approximate surface area is 131 Å². The van der Waals surface area contributed by atoms with Gasteiger partial charge in [-0.05, 0) is 42.7 Å². The van der Waals surface area contributed by atoms with Crippen LogP contribution in [-0.4, -0.2) is 29.1 Å². The van der Waals surface area contributed by atoms with Crippen LogP contribution >= 0.6 is 0 Å². The van der Waals surface area contributed by atoms with Crippen molar-refractivity contribution in [2.75, 3.05) is 13.1 Å². The number of pyridine rings is 1. The molecule has 4 heteroatoms.